The summed E-state index contributed by atoms with van der Waals surface area (Å²) >= 11 is 6.46. The molecule has 1 N–H and O–H groups in total. The highest BCUT2D eigenvalue weighted by molar-refractivity contribution is 8.26. The number of rotatable bonds is 3. The van der Waals surface area contributed by atoms with E-state index >= 15 is 0 Å². The van der Waals surface area contributed by atoms with Crippen LogP contribution in [0.3, 0.4) is 0 Å². The van der Waals surface area contributed by atoms with Gasteiger partial charge in [0.2, 0.25) is 0 Å². The Hall–Kier alpha value is -2.15. The first-order chi connectivity index (χ1) is 10.9. The predicted octanol–water partition coefficient (Wildman–Crippen LogP) is 2.35. The van der Waals surface area contributed by atoms with E-state index in [4.69, 9.17) is 26.5 Å². The number of phenols is 1. The highest BCUT2D eigenvalue weighted by Gasteiger charge is 2.30. The summed E-state index contributed by atoms with van der Waals surface area (Å²) in [5.41, 5.74) is 1.50. The molecule has 1 aromatic rings. The van der Waals surface area contributed by atoms with Crippen molar-refractivity contribution in [3.63, 3.8) is 0 Å². The van der Waals surface area contributed by atoms with Crippen molar-refractivity contribution in [2.75, 3.05) is 13.7 Å². The van der Waals surface area contributed by atoms with Gasteiger partial charge in [-0.25, -0.2) is 0 Å². The molecule has 0 aromatic heterocycles. The van der Waals surface area contributed by atoms with E-state index in [-0.39, 0.29) is 17.8 Å². The number of thiocarbonyl (C=S) groups is 1. The van der Waals surface area contributed by atoms with Crippen LogP contribution < -0.4 is 4.74 Å². The molecule has 0 radical (unpaired) electrons. The summed E-state index contributed by atoms with van der Waals surface area (Å²) in [5.74, 6) is 0.431. The fourth-order valence-electron chi connectivity index (χ4n) is 1.94. The van der Waals surface area contributed by atoms with Gasteiger partial charge in [0.1, 0.15) is 4.32 Å². The second kappa shape index (κ2) is 8.47. The number of hydrogen-bond donors (Lipinski definition) is 1. The molecule has 1 aromatic carbocycles. The number of thioether (sulfide) groups is 1. The van der Waals surface area contributed by atoms with Gasteiger partial charge in [-0.15, -0.1) is 0 Å². The zero-order chi connectivity index (χ0) is 17.6. The number of hydrogen-bond acceptors (Lipinski definition) is 7. The lowest BCUT2D eigenvalue weighted by molar-refractivity contribution is -0.191. The van der Waals surface area contributed by atoms with Gasteiger partial charge in [0.25, 0.3) is 5.91 Å². The summed E-state index contributed by atoms with van der Waals surface area (Å²) in [6, 6.07) is 3.50. The molecule has 0 bridgehead atoms. The summed E-state index contributed by atoms with van der Waals surface area (Å²) in [5, 5.41) is 9.81. The van der Waals surface area contributed by atoms with E-state index in [1.165, 1.54) is 18.9 Å². The molecule has 23 heavy (non-hydrogen) atoms. The monoisotopic (exact) mass is 353 g/mol. The number of nitrogens with zero attached hydrogens (tertiary/aromatic N) is 1. The maximum Gasteiger partial charge on any atom is 0.373 e. The number of aromatic hydroxyl groups is 1. The molecule has 1 fully saturated rings. The maximum absolute atomic E-state index is 12.1. The predicted molar refractivity (Wildman–Crippen MR) is 90.0 cm³/mol. The third-order valence-corrected chi connectivity index (χ3v) is 4.37. The largest absolute Gasteiger partial charge is 0.504 e. The first-order valence-corrected chi connectivity index (χ1v) is 7.74. The Bertz CT molecular complexity index is 693. The average molecular weight is 353 g/mol. The van der Waals surface area contributed by atoms with E-state index in [0.717, 1.165) is 5.56 Å². The Kier molecular flexibility index (Phi) is 6.96. The molecule has 6 nitrogen and oxygen atoms in total. The van der Waals surface area contributed by atoms with Crippen LogP contribution in [0.25, 0.3) is 6.08 Å². The van der Waals surface area contributed by atoms with E-state index in [0.29, 0.717) is 27.1 Å². The van der Waals surface area contributed by atoms with Crippen molar-refractivity contribution in [2.24, 2.45) is 0 Å². The van der Waals surface area contributed by atoms with E-state index < -0.39 is 0 Å². The number of amides is 1. The molecule has 1 amide bonds. The molecule has 122 valence electrons. The maximum atomic E-state index is 12.1. The van der Waals surface area contributed by atoms with Crippen LogP contribution in [0, 0.1) is 6.92 Å². The van der Waals surface area contributed by atoms with Crippen molar-refractivity contribution in [1.82, 2.24) is 4.90 Å². The Morgan fingerprint density at radius 2 is 2.04 bits per heavy atom. The van der Waals surface area contributed by atoms with E-state index in [1.54, 1.807) is 30.0 Å². The van der Waals surface area contributed by atoms with Gasteiger partial charge in [-0.3, -0.25) is 9.69 Å². The summed E-state index contributed by atoms with van der Waals surface area (Å²) < 4.78 is 5.69. The quantitative estimate of drug-likeness (QED) is 0.659. The number of aryl methyl sites for hydroxylation is 1. The number of ether oxygens (including phenoxy) is 1. The van der Waals surface area contributed by atoms with Gasteiger partial charge in [-0.05, 0) is 43.2 Å². The minimum Gasteiger partial charge on any atom is -0.504 e. The molecular weight excluding hydrogens is 338 g/mol. The molecule has 1 heterocycles. The summed E-state index contributed by atoms with van der Waals surface area (Å²) in [7, 11) is 1.49. The average Bonchev–Trinajstić information content (AvgIpc) is 2.77. The van der Waals surface area contributed by atoms with Crippen molar-refractivity contribution in [2.45, 2.75) is 13.8 Å². The number of phenolic OH excluding ortho intramolecular Hbond substituents is 1. The van der Waals surface area contributed by atoms with Gasteiger partial charge in [0, 0.05) is 6.54 Å². The minimum atomic E-state index is -0.0767. The second-order valence-electron chi connectivity index (χ2n) is 4.40. The topological polar surface area (TPSA) is 83.9 Å². The highest BCUT2D eigenvalue weighted by Crippen LogP contribution is 2.35. The fraction of sp³-hybridized carbons (Fsp3) is 0.267. The number of likely N-dealkylation sites (N-methyl/N-ethyl adjacent to an activating group) is 1. The van der Waals surface area contributed by atoms with Gasteiger partial charge in [-0.1, -0.05) is 24.0 Å². The van der Waals surface area contributed by atoms with E-state index in [2.05, 4.69) is 0 Å². The Morgan fingerprint density at radius 3 is 2.52 bits per heavy atom. The van der Waals surface area contributed by atoms with Crippen LogP contribution in [0.15, 0.2) is 17.0 Å². The zero-order valence-electron chi connectivity index (χ0n) is 12.8. The lowest BCUT2D eigenvalue weighted by Crippen LogP contribution is -2.27. The van der Waals surface area contributed by atoms with Gasteiger partial charge < -0.3 is 9.84 Å². The first-order valence-electron chi connectivity index (χ1n) is 6.51. The van der Waals surface area contributed by atoms with Gasteiger partial charge in [0.15, 0.2) is 11.5 Å². The number of methoxy groups -OCH3 is 1. The van der Waals surface area contributed by atoms with Crippen molar-refractivity contribution in [3.05, 3.63) is 28.2 Å². The molecule has 0 saturated carbocycles. The number of carbonyl (C=O) groups is 1. The third kappa shape index (κ3) is 4.41. The van der Waals surface area contributed by atoms with Crippen LogP contribution in [0.1, 0.15) is 18.1 Å². The Balaban J connectivity index is 0.000000816. The minimum absolute atomic E-state index is 0.0767. The van der Waals surface area contributed by atoms with Gasteiger partial charge >= 0.3 is 6.15 Å². The SMILES string of the molecule is CCN1C(=O)/C(=C/c2cc(C)c(O)c(OC)c2)SC1=S.O=C=O. The fourth-order valence-corrected chi connectivity index (χ4v) is 3.32. The lowest BCUT2D eigenvalue weighted by Gasteiger charge is -2.10. The van der Waals surface area contributed by atoms with Gasteiger partial charge in [0.05, 0.1) is 12.0 Å². The third-order valence-electron chi connectivity index (χ3n) is 3.00. The van der Waals surface area contributed by atoms with Crippen LogP contribution in [-0.4, -0.2) is 40.0 Å². The molecule has 0 unspecified atom stereocenters. The van der Waals surface area contributed by atoms with Crippen LogP contribution in [0.2, 0.25) is 0 Å². The van der Waals surface area contributed by atoms with Crippen LogP contribution in [-0.2, 0) is 14.4 Å². The lowest BCUT2D eigenvalue weighted by atomic mass is 10.1. The molecule has 2 rings (SSSR count). The Labute approximate surface area is 143 Å². The summed E-state index contributed by atoms with van der Waals surface area (Å²) in [6.45, 7) is 4.24. The van der Waals surface area contributed by atoms with Crippen molar-refractivity contribution in [3.8, 4) is 11.5 Å². The van der Waals surface area contributed by atoms with Crippen molar-refractivity contribution >= 4 is 46.4 Å². The molecule has 8 heteroatoms. The molecule has 1 aliphatic rings. The molecule has 0 aliphatic carbocycles. The summed E-state index contributed by atoms with van der Waals surface area (Å²) in [4.78, 5) is 30.5. The van der Waals surface area contributed by atoms with Crippen molar-refractivity contribution < 1.29 is 24.2 Å². The molecule has 0 spiro atoms. The highest BCUT2D eigenvalue weighted by atomic mass is 32.2. The van der Waals surface area contributed by atoms with Crippen LogP contribution >= 0.6 is 24.0 Å². The summed E-state index contributed by atoms with van der Waals surface area (Å²) in [6.07, 6.45) is 2.02. The second-order valence-corrected chi connectivity index (χ2v) is 6.07. The van der Waals surface area contributed by atoms with Crippen LogP contribution in [0.4, 0.5) is 0 Å². The van der Waals surface area contributed by atoms with Crippen molar-refractivity contribution in [1.29, 1.82) is 0 Å². The molecule has 1 aliphatic heterocycles. The van der Waals surface area contributed by atoms with Crippen LogP contribution in [0.5, 0.6) is 11.5 Å². The number of carbonyl (C=O) groups excluding carboxylic acids is 3. The molecule has 0 atom stereocenters. The van der Waals surface area contributed by atoms with E-state index in [9.17, 15) is 9.90 Å². The smallest absolute Gasteiger partial charge is 0.373 e. The first kappa shape index (κ1) is 18.9. The zero-order valence-corrected chi connectivity index (χ0v) is 14.4. The molecular formula is C15H15NO5S2. The number of benzene rings is 1. The van der Waals surface area contributed by atoms with Gasteiger partial charge in [-0.2, -0.15) is 9.59 Å². The Morgan fingerprint density at radius 1 is 1.43 bits per heavy atom. The van der Waals surface area contributed by atoms with E-state index in [1.807, 2.05) is 6.92 Å². The standard InChI is InChI=1S/C14H15NO3S2.CO2/c1-4-15-13(17)11(20-14(15)19)7-9-5-8(2)12(16)10(6-9)18-3;2-1-3/h5-7,16H,4H2,1-3H3;/b11-7-;. The normalized spacial score (nSPS) is 15.3. The molecule has 1 saturated heterocycles.